The number of anilines is 1. The van der Waals surface area contributed by atoms with Gasteiger partial charge in [0.05, 0.1) is 30.5 Å². The lowest BCUT2D eigenvalue weighted by Crippen LogP contribution is -2.23. The molecule has 0 fully saturated rings. The van der Waals surface area contributed by atoms with Gasteiger partial charge in [0.25, 0.3) is 0 Å². The fourth-order valence-electron chi connectivity index (χ4n) is 2.47. The molecule has 0 saturated carbocycles. The van der Waals surface area contributed by atoms with Crippen molar-refractivity contribution in [2.75, 3.05) is 32.6 Å². The van der Waals surface area contributed by atoms with Crippen molar-refractivity contribution in [2.24, 2.45) is 0 Å². The second kappa shape index (κ2) is 10.5. The molecule has 2 N–H and O–H groups in total. The average Bonchev–Trinajstić information content (AvgIpc) is 2.69. The lowest BCUT2D eigenvalue weighted by Gasteiger charge is -2.10. The number of hydrogen-bond acceptors (Lipinski definition) is 5. The van der Waals surface area contributed by atoms with Gasteiger partial charge in [0, 0.05) is 13.0 Å². The van der Waals surface area contributed by atoms with Gasteiger partial charge in [0.15, 0.2) is 0 Å². The molecule has 0 saturated heterocycles. The summed E-state index contributed by atoms with van der Waals surface area (Å²) in [6.07, 6.45) is 1.13. The fraction of sp³-hybridized carbons (Fsp3) is 0.300. The molecule has 0 radical (unpaired) electrons. The van der Waals surface area contributed by atoms with Crippen LogP contribution in [0.4, 0.5) is 5.69 Å². The van der Waals surface area contributed by atoms with Crippen LogP contribution in [0, 0.1) is 0 Å². The number of rotatable bonds is 9. The van der Waals surface area contributed by atoms with Crippen molar-refractivity contribution in [3.8, 4) is 5.75 Å². The van der Waals surface area contributed by atoms with E-state index >= 15 is 0 Å². The summed E-state index contributed by atoms with van der Waals surface area (Å²) < 4.78 is 9.86. The summed E-state index contributed by atoms with van der Waals surface area (Å²) in [5.74, 6) is 0.159. The van der Waals surface area contributed by atoms with Crippen LogP contribution in [-0.4, -0.2) is 39.2 Å². The molecule has 2 aromatic carbocycles. The molecule has 0 aromatic heterocycles. The van der Waals surface area contributed by atoms with Crippen LogP contribution in [0.5, 0.6) is 5.75 Å². The lowest BCUT2D eigenvalue weighted by molar-refractivity contribution is -0.116. The van der Waals surface area contributed by atoms with Gasteiger partial charge in [-0.3, -0.25) is 4.79 Å². The first kappa shape index (κ1) is 20.7. The van der Waals surface area contributed by atoms with Crippen molar-refractivity contribution >= 4 is 29.2 Å². The van der Waals surface area contributed by atoms with Gasteiger partial charge in [-0.25, -0.2) is 4.79 Å². The van der Waals surface area contributed by atoms with E-state index in [1.54, 1.807) is 19.2 Å². The summed E-state index contributed by atoms with van der Waals surface area (Å²) in [5, 5.41) is 6.31. The van der Waals surface area contributed by atoms with Gasteiger partial charge in [-0.1, -0.05) is 23.7 Å². The number of carbonyl (C=O) groups excluding carboxylic acids is 2. The number of esters is 1. The van der Waals surface area contributed by atoms with Gasteiger partial charge in [-0.15, -0.1) is 0 Å². The second-order valence-corrected chi connectivity index (χ2v) is 6.24. The largest absolute Gasteiger partial charge is 0.497 e. The molecule has 0 bridgehead atoms. The third-order valence-electron chi connectivity index (χ3n) is 3.91. The van der Waals surface area contributed by atoms with Gasteiger partial charge >= 0.3 is 5.97 Å². The van der Waals surface area contributed by atoms with Crippen LogP contribution in [0.3, 0.4) is 0 Å². The van der Waals surface area contributed by atoms with E-state index in [0.29, 0.717) is 22.8 Å². The second-order valence-electron chi connectivity index (χ2n) is 5.84. The van der Waals surface area contributed by atoms with E-state index in [0.717, 1.165) is 24.3 Å². The van der Waals surface area contributed by atoms with Crippen molar-refractivity contribution in [1.82, 2.24) is 5.32 Å². The van der Waals surface area contributed by atoms with Gasteiger partial charge < -0.3 is 20.1 Å². The van der Waals surface area contributed by atoms with E-state index in [4.69, 9.17) is 16.3 Å². The molecule has 6 nitrogen and oxygen atoms in total. The molecule has 144 valence electrons. The maximum absolute atomic E-state index is 12.1. The van der Waals surface area contributed by atoms with Gasteiger partial charge in [0.1, 0.15) is 5.75 Å². The minimum atomic E-state index is -0.485. The Kier molecular flexibility index (Phi) is 8.10. The Balaban J connectivity index is 1.75. The number of hydrogen-bond donors (Lipinski definition) is 2. The minimum absolute atomic E-state index is 0.187. The van der Waals surface area contributed by atoms with Crippen molar-refractivity contribution in [3.63, 3.8) is 0 Å². The first-order valence-corrected chi connectivity index (χ1v) is 8.92. The standard InChI is InChI=1S/C20H23ClN2O4/c1-26-16-5-3-4-14(12-16)8-10-22-11-9-19(24)23-18-13-15(20(25)27-2)6-7-17(18)21/h3-7,12-13,22H,8-11H2,1-2H3,(H,23,24). The summed E-state index contributed by atoms with van der Waals surface area (Å²) in [4.78, 5) is 23.7. The highest BCUT2D eigenvalue weighted by Gasteiger charge is 2.11. The summed E-state index contributed by atoms with van der Waals surface area (Å²) >= 11 is 6.07. The first-order valence-electron chi connectivity index (χ1n) is 8.55. The van der Waals surface area contributed by atoms with Crippen LogP contribution in [0.2, 0.25) is 5.02 Å². The molecule has 0 aliphatic rings. The van der Waals surface area contributed by atoms with Crippen molar-refractivity contribution < 1.29 is 19.1 Å². The molecule has 0 unspecified atom stereocenters. The van der Waals surface area contributed by atoms with Gasteiger partial charge in [0.2, 0.25) is 5.91 Å². The monoisotopic (exact) mass is 390 g/mol. The smallest absolute Gasteiger partial charge is 0.337 e. The molecule has 0 aliphatic heterocycles. The Hall–Kier alpha value is -2.57. The van der Waals surface area contributed by atoms with E-state index in [9.17, 15) is 9.59 Å². The van der Waals surface area contributed by atoms with E-state index in [1.165, 1.54) is 13.2 Å². The topological polar surface area (TPSA) is 76.7 Å². The maximum Gasteiger partial charge on any atom is 0.337 e. The van der Waals surface area contributed by atoms with Crippen LogP contribution in [0.25, 0.3) is 0 Å². The highest BCUT2D eigenvalue weighted by Crippen LogP contribution is 2.23. The van der Waals surface area contributed by atoms with Gasteiger partial charge in [-0.2, -0.15) is 0 Å². The summed E-state index contributed by atoms with van der Waals surface area (Å²) in [6.45, 7) is 1.28. The average molecular weight is 391 g/mol. The van der Waals surface area contributed by atoms with Crippen LogP contribution >= 0.6 is 11.6 Å². The predicted molar refractivity (Wildman–Crippen MR) is 106 cm³/mol. The van der Waals surface area contributed by atoms with E-state index in [1.807, 2.05) is 24.3 Å². The summed E-state index contributed by atoms with van der Waals surface area (Å²) in [5.41, 5.74) is 1.88. The third-order valence-corrected chi connectivity index (χ3v) is 4.24. The SMILES string of the molecule is COC(=O)c1ccc(Cl)c(NC(=O)CCNCCc2cccc(OC)c2)c1. The quantitative estimate of drug-likeness (QED) is 0.507. The predicted octanol–water partition coefficient (Wildman–Crippen LogP) is 3.30. The number of nitrogens with one attached hydrogen (secondary N) is 2. The first-order chi connectivity index (χ1) is 13.0. The molecule has 0 spiro atoms. The molecular weight excluding hydrogens is 368 g/mol. The Morgan fingerprint density at radius 2 is 1.89 bits per heavy atom. The highest BCUT2D eigenvalue weighted by molar-refractivity contribution is 6.33. The zero-order valence-electron chi connectivity index (χ0n) is 15.4. The molecule has 0 aliphatic carbocycles. The number of methoxy groups -OCH3 is 2. The molecule has 2 aromatic rings. The molecule has 1 amide bonds. The van der Waals surface area contributed by atoms with Crippen molar-refractivity contribution in [3.05, 3.63) is 58.6 Å². The third kappa shape index (κ3) is 6.58. The zero-order valence-corrected chi connectivity index (χ0v) is 16.1. The lowest BCUT2D eigenvalue weighted by atomic mass is 10.1. The normalized spacial score (nSPS) is 10.3. The summed E-state index contributed by atoms with van der Waals surface area (Å²) in [7, 11) is 2.94. The number of ether oxygens (including phenoxy) is 2. The molecule has 0 heterocycles. The van der Waals surface area contributed by atoms with Crippen LogP contribution in [-0.2, 0) is 16.0 Å². The molecule has 2 rings (SSSR count). The zero-order chi connectivity index (χ0) is 19.6. The molecule has 0 atom stereocenters. The number of halogens is 1. The van der Waals surface area contributed by atoms with Crippen LogP contribution < -0.4 is 15.4 Å². The van der Waals surface area contributed by atoms with Crippen LogP contribution in [0.15, 0.2) is 42.5 Å². The Labute approximate surface area is 163 Å². The Morgan fingerprint density at radius 3 is 2.63 bits per heavy atom. The molecule has 27 heavy (non-hydrogen) atoms. The molecule has 7 heteroatoms. The number of carbonyl (C=O) groups is 2. The van der Waals surface area contributed by atoms with Crippen molar-refractivity contribution in [2.45, 2.75) is 12.8 Å². The van der Waals surface area contributed by atoms with E-state index < -0.39 is 5.97 Å². The van der Waals surface area contributed by atoms with E-state index in [2.05, 4.69) is 15.4 Å². The number of amides is 1. The number of benzene rings is 2. The fourth-order valence-corrected chi connectivity index (χ4v) is 2.63. The van der Waals surface area contributed by atoms with E-state index in [-0.39, 0.29) is 12.3 Å². The minimum Gasteiger partial charge on any atom is -0.497 e. The highest BCUT2D eigenvalue weighted by atomic mass is 35.5. The Bertz CT molecular complexity index is 795. The van der Waals surface area contributed by atoms with Crippen molar-refractivity contribution in [1.29, 1.82) is 0 Å². The summed E-state index contributed by atoms with van der Waals surface area (Å²) in [6, 6.07) is 12.5. The van der Waals surface area contributed by atoms with Crippen LogP contribution in [0.1, 0.15) is 22.3 Å². The maximum atomic E-state index is 12.1. The Morgan fingerprint density at radius 1 is 1.07 bits per heavy atom. The van der Waals surface area contributed by atoms with Gasteiger partial charge in [-0.05, 0) is 48.9 Å². The molecular formula is C20H23ClN2O4.